The number of halogens is 2. The van der Waals surface area contributed by atoms with Crippen molar-refractivity contribution in [2.45, 2.75) is 20.1 Å². The molecule has 1 aliphatic rings. The van der Waals surface area contributed by atoms with Crippen LogP contribution in [-0.4, -0.2) is 33.0 Å². The zero-order chi connectivity index (χ0) is 26.1. The Kier molecular flexibility index (Phi) is 6.67. The zero-order valence-electron chi connectivity index (χ0n) is 20.3. The van der Waals surface area contributed by atoms with E-state index < -0.39 is 17.6 Å². The van der Waals surface area contributed by atoms with Crippen LogP contribution in [0.25, 0.3) is 11.3 Å². The van der Waals surface area contributed by atoms with Crippen LogP contribution in [0.3, 0.4) is 0 Å². The van der Waals surface area contributed by atoms with Crippen LogP contribution < -0.4 is 10.1 Å². The molecule has 2 amide bonds. The Bertz CT molecular complexity index is 1500. The fourth-order valence-electron chi connectivity index (χ4n) is 4.43. The number of anilines is 1. The third-order valence-electron chi connectivity index (χ3n) is 6.15. The highest BCUT2D eigenvalue weighted by atomic mass is 35.5. The molecular weight excluding hydrogens is 495 g/mol. The molecule has 0 radical (unpaired) electrons. The molecule has 4 aromatic rings. The Morgan fingerprint density at radius 3 is 2.70 bits per heavy atom. The first-order valence-electron chi connectivity index (χ1n) is 11.7. The summed E-state index contributed by atoms with van der Waals surface area (Å²) in [5.74, 6) is -0.852. The molecule has 0 aliphatic carbocycles. The van der Waals surface area contributed by atoms with Crippen molar-refractivity contribution in [1.82, 2.24) is 14.7 Å². The molecule has 0 unspecified atom stereocenters. The van der Waals surface area contributed by atoms with Gasteiger partial charge in [0.15, 0.2) is 5.69 Å². The smallest absolute Gasteiger partial charge is 0.275 e. The number of hydrogen-bond acceptors (Lipinski definition) is 4. The van der Waals surface area contributed by atoms with E-state index in [1.54, 1.807) is 49.0 Å². The summed E-state index contributed by atoms with van der Waals surface area (Å²) in [7, 11) is 1.75. The summed E-state index contributed by atoms with van der Waals surface area (Å²) in [5.41, 5.74) is 3.98. The molecule has 0 saturated carbocycles. The summed E-state index contributed by atoms with van der Waals surface area (Å²) in [6.07, 6.45) is 0. The molecule has 0 bridgehead atoms. The van der Waals surface area contributed by atoms with E-state index in [1.807, 2.05) is 30.3 Å². The van der Waals surface area contributed by atoms with Crippen LogP contribution in [0.4, 0.5) is 10.1 Å². The molecule has 3 aromatic carbocycles. The number of carbonyl (C=O) groups is 2. The van der Waals surface area contributed by atoms with Gasteiger partial charge in [-0.15, -0.1) is 0 Å². The summed E-state index contributed by atoms with van der Waals surface area (Å²) >= 11 is 6.22. The van der Waals surface area contributed by atoms with Gasteiger partial charge in [-0.25, -0.2) is 4.39 Å². The van der Waals surface area contributed by atoms with Crippen molar-refractivity contribution >= 4 is 29.1 Å². The van der Waals surface area contributed by atoms with E-state index in [1.165, 1.54) is 11.0 Å². The van der Waals surface area contributed by atoms with E-state index in [0.717, 1.165) is 22.4 Å². The van der Waals surface area contributed by atoms with Gasteiger partial charge in [-0.3, -0.25) is 14.3 Å². The number of aryl methyl sites for hydroxylation is 2. The number of nitrogens with zero attached hydrogens (tertiary/aromatic N) is 3. The van der Waals surface area contributed by atoms with Gasteiger partial charge >= 0.3 is 0 Å². The minimum Gasteiger partial charge on any atom is -0.488 e. The minimum absolute atomic E-state index is 0.0641. The van der Waals surface area contributed by atoms with Crippen molar-refractivity contribution in [1.29, 1.82) is 0 Å². The normalized spacial score (nSPS) is 11.8. The Balaban J connectivity index is 1.47. The molecule has 1 aromatic heterocycles. The van der Waals surface area contributed by atoms with E-state index in [4.69, 9.17) is 16.3 Å². The van der Waals surface area contributed by atoms with Crippen molar-refractivity contribution < 1.29 is 18.7 Å². The van der Waals surface area contributed by atoms with Gasteiger partial charge in [-0.05, 0) is 48.4 Å². The van der Waals surface area contributed by atoms with Crippen molar-refractivity contribution in [2.75, 3.05) is 11.9 Å². The Labute approximate surface area is 218 Å². The lowest BCUT2D eigenvalue weighted by Gasteiger charge is -2.23. The second-order valence-electron chi connectivity index (χ2n) is 8.91. The van der Waals surface area contributed by atoms with E-state index in [2.05, 4.69) is 10.4 Å². The highest BCUT2D eigenvalue weighted by Crippen LogP contribution is 2.40. The molecule has 5 rings (SSSR count). The summed E-state index contributed by atoms with van der Waals surface area (Å²) in [5, 5.41) is 7.64. The van der Waals surface area contributed by atoms with Gasteiger partial charge in [0.1, 0.15) is 24.7 Å². The number of ether oxygens (including phenoxy) is 1. The lowest BCUT2D eigenvalue weighted by Crippen LogP contribution is -2.38. The number of nitrogens with one attached hydrogen (secondary N) is 1. The fraction of sp³-hybridized carbons (Fsp3) is 0.179. The average molecular weight is 519 g/mol. The molecule has 37 heavy (non-hydrogen) atoms. The van der Waals surface area contributed by atoms with Crippen LogP contribution >= 0.6 is 11.6 Å². The zero-order valence-corrected chi connectivity index (χ0v) is 21.1. The number of fused-ring (bicyclic) bond motifs is 3. The van der Waals surface area contributed by atoms with Gasteiger partial charge in [-0.1, -0.05) is 48.0 Å². The summed E-state index contributed by atoms with van der Waals surface area (Å²) in [4.78, 5) is 28.2. The van der Waals surface area contributed by atoms with Crippen molar-refractivity contribution in [2.24, 2.45) is 7.05 Å². The van der Waals surface area contributed by atoms with Gasteiger partial charge in [0.25, 0.3) is 5.91 Å². The standard InChI is InChI=1S/C28H24ClFN4O3/c1-17-8-10-22(30)23(12-17)31-25(35)15-34(14-18-6-4-3-5-7-18)28(36)26-21-16-37-24-11-9-19(29)13-20(24)27(21)33(2)32-26/h3-13H,14-16H2,1-2H3,(H,31,35). The topological polar surface area (TPSA) is 76.5 Å². The van der Waals surface area contributed by atoms with Crippen LogP contribution in [0.1, 0.15) is 27.2 Å². The van der Waals surface area contributed by atoms with Gasteiger partial charge in [-0.2, -0.15) is 5.10 Å². The third-order valence-corrected chi connectivity index (χ3v) is 6.39. The van der Waals surface area contributed by atoms with Crippen molar-refractivity contribution in [3.05, 3.63) is 100.0 Å². The molecule has 0 spiro atoms. The molecule has 188 valence electrons. The summed E-state index contributed by atoms with van der Waals surface area (Å²) < 4.78 is 21.8. The highest BCUT2D eigenvalue weighted by Gasteiger charge is 2.31. The first-order chi connectivity index (χ1) is 17.8. The fourth-order valence-corrected chi connectivity index (χ4v) is 4.60. The summed E-state index contributed by atoms with van der Waals surface area (Å²) in [6, 6.07) is 19.1. The molecule has 9 heteroatoms. The maximum atomic E-state index is 14.2. The van der Waals surface area contributed by atoms with Crippen molar-refractivity contribution in [3.63, 3.8) is 0 Å². The van der Waals surface area contributed by atoms with Crippen LogP contribution in [0.15, 0.2) is 66.7 Å². The van der Waals surface area contributed by atoms with Gasteiger partial charge in [0, 0.05) is 29.7 Å². The predicted molar refractivity (Wildman–Crippen MR) is 139 cm³/mol. The lowest BCUT2D eigenvalue weighted by molar-refractivity contribution is -0.117. The van der Waals surface area contributed by atoms with Crippen LogP contribution in [-0.2, 0) is 25.0 Å². The summed E-state index contributed by atoms with van der Waals surface area (Å²) in [6.45, 7) is 1.82. The molecule has 7 nitrogen and oxygen atoms in total. The van der Waals surface area contributed by atoms with Crippen LogP contribution in [0, 0.1) is 12.7 Å². The number of rotatable bonds is 6. The second kappa shape index (κ2) is 10.1. The minimum atomic E-state index is -0.548. The van der Waals surface area contributed by atoms with E-state index in [-0.39, 0.29) is 31.1 Å². The average Bonchev–Trinajstić information content (AvgIpc) is 3.22. The number of aromatic nitrogens is 2. The van der Waals surface area contributed by atoms with Gasteiger partial charge in [0.2, 0.25) is 5.91 Å². The highest BCUT2D eigenvalue weighted by molar-refractivity contribution is 6.31. The molecule has 2 heterocycles. The first kappa shape index (κ1) is 24.5. The number of benzene rings is 3. The Hall–Kier alpha value is -4.17. The lowest BCUT2D eigenvalue weighted by atomic mass is 10.0. The number of carbonyl (C=O) groups excluding carboxylic acids is 2. The number of amides is 2. The molecule has 0 atom stereocenters. The molecule has 0 saturated heterocycles. The number of hydrogen-bond donors (Lipinski definition) is 1. The molecular formula is C28H24ClFN4O3. The van der Waals surface area contributed by atoms with E-state index >= 15 is 0 Å². The molecule has 0 fully saturated rings. The Morgan fingerprint density at radius 2 is 1.92 bits per heavy atom. The monoisotopic (exact) mass is 518 g/mol. The largest absolute Gasteiger partial charge is 0.488 e. The first-order valence-corrected chi connectivity index (χ1v) is 12.1. The van der Waals surface area contributed by atoms with Crippen LogP contribution in [0.2, 0.25) is 5.02 Å². The van der Waals surface area contributed by atoms with E-state index in [0.29, 0.717) is 16.3 Å². The Morgan fingerprint density at radius 1 is 1.14 bits per heavy atom. The maximum absolute atomic E-state index is 14.2. The quantitative estimate of drug-likeness (QED) is 0.373. The molecule has 1 N–H and O–H groups in total. The molecule has 1 aliphatic heterocycles. The predicted octanol–water partition coefficient (Wildman–Crippen LogP) is 5.36. The van der Waals surface area contributed by atoms with Gasteiger partial charge in [0.05, 0.1) is 11.4 Å². The maximum Gasteiger partial charge on any atom is 0.275 e. The second-order valence-corrected chi connectivity index (χ2v) is 9.34. The van der Waals surface area contributed by atoms with Crippen LogP contribution in [0.5, 0.6) is 5.75 Å². The third kappa shape index (κ3) is 5.06. The van der Waals surface area contributed by atoms with Crippen molar-refractivity contribution in [3.8, 4) is 17.0 Å². The van der Waals surface area contributed by atoms with Gasteiger partial charge < -0.3 is 15.0 Å². The SMILES string of the molecule is Cc1ccc(F)c(NC(=O)CN(Cc2ccccc2)C(=O)c2nn(C)c3c2COc2ccc(Cl)cc2-3)c1. The van der Waals surface area contributed by atoms with E-state index in [9.17, 15) is 14.0 Å².